The van der Waals surface area contributed by atoms with Gasteiger partial charge in [-0.2, -0.15) is 0 Å². The Morgan fingerprint density at radius 2 is 2.07 bits per heavy atom. The second kappa shape index (κ2) is 8.57. The Labute approximate surface area is 97.1 Å². The quantitative estimate of drug-likeness (QED) is 0.549. The molecule has 82 valence electrons. The van der Waals surface area contributed by atoms with Gasteiger partial charge in [0.15, 0.2) is 0 Å². The van der Waals surface area contributed by atoms with Gasteiger partial charge in [0, 0.05) is 6.54 Å². The molecule has 2 heteroatoms. The van der Waals surface area contributed by atoms with Gasteiger partial charge < -0.3 is 0 Å². The Hall–Kier alpha value is -0.730. The Bertz CT molecular complexity index is 269. The molecular formula is C13H19NS. The van der Waals surface area contributed by atoms with E-state index in [4.69, 9.17) is 0 Å². The number of allylic oxidation sites excluding steroid dienone is 1. The zero-order valence-electron chi connectivity index (χ0n) is 9.28. The number of benzene rings is 1. The molecule has 0 heterocycles. The maximum Gasteiger partial charge on any atom is 0.0313 e. The first-order chi connectivity index (χ1) is 7.43. The van der Waals surface area contributed by atoms with E-state index in [-0.39, 0.29) is 0 Å². The van der Waals surface area contributed by atoms with Crippen molar-refractivity contribution in [2.75, 3.05) is 0 Å². The molecule has 0 spiro atoms. The van der Waals surface area contributed by atoms with Gasteiger partial charge in [0.1, 0.15) is 0 Å². The highest BCUT2D eigenvalue weighted by Crippen LogP contribution is 2.04. The predicted molar refractivity (Wildman–Crippen MR) is 69.5 cm³/mol. The molecule has 0 saturated carbocycles. The van der Waals surface area contributed by atoms with Crippen LogP contribution in [0.25, 0.3) is 0 Å². The van der Waals surface area contributed by atoms with Crippen molar-refractivity contribution < 1.29 is 0 Å². The van der Waals surface area contributed by atoms with Crippen LogP contribution in [0.5, 0.6) is 0 Å². The first kappa shape index (κ1) is 12.3. The highest BCUT2D eigenvalue weighted by Gasteiger charge is 1.88. The molecule has 1 N–H and O–H groups in total. The summed E-state index contributed by atoms with van der Waals surface area (Å²) in [7, 11) is 0. The first-order valence-corrected chi connectivity index (χ1v) is 6.39. The highest BCUT2D eigenvalue weighted by atomic mass is 32.2. The molecule has 0 atom stereocenters. The molecule has 15 heavy (non-hydrogen) atoms. The van der Waals surface area contributed by atoms with Gasteiger partial charge in [-0.1, -0.05) is 68.1 Å². The van der Waals surface area contributed by atoms with Crippen molar-refractivity contribution in [1.29, 1.82) is 0 Å². The SMILES string of the molecule is CCCC/C=C/SNCc1ccccc1. The lowest BCUT2D eigenvalue weighted by Gasteiger charge is -2.00. The molecule has 1 rings (SSSR count). The minimum Gasteiger partial charge on any atom is -0.256 e. The summed E-state index contributed by atoms with van der Waals surface area (Å²) in [6, 6.07) is 10.4. The topological polar surface area (TPSA) is 12.0 Å². The smallest absolute Gasteiger partial charge is 0.0313 e. The summed E-state index contributed by atoms with van der Waals surface area (Å²) in [6.07, 6.45) is 5.98. The fraction of sp³-hybridized carbons (Fsp3) is 0.385. The fourth-order valence-corrected chi connectivity index (χ4v) is 1.79. The van der Waals surface area contributed by atoms with Gasteiger partial charge in [-0.05, 0) is 17.4 Å². The third kappa shape index (κ3) is 6.37. The van der Waals surface area contributed by atoms with Crippen molar-refractivity contribution in [1.82, 2.24) is 4.72 Å². The Kier molecular flexibility index (Phi) is 7.05. The van der Waals surface area contributed by atoms with Crippen LogP contribution in [-0.4, -0.2) is 0 Å². The molecule has 1 nitrogen and oxygen atoms in total. The van der Waals surface area contributed by atoms with Crippen LogP contribution in [-0.2, 0) is 6.54 Å². The van der Waals surface area contributed by atoms with Gasteiger partial charge in [0.25, 0.3) is 0 Å². The van der Waals surface area contributed by atoms with E-state index < -0.39 is 0 Å². The third-order valence-corrected chi connectivity index (χ3v) is 2.73. The van der Waals surface area contributed by atoms with E-state index in [1.807, 2.05) is 6.07 Å². The van der Waals surface area contributed by atoms with E-state index in [9.17, 15) is 0 Å². The van der Waals surface area contributed by atoms with Crippen molar-refractivity contribution in [2.45, 2.75) is 32.7 Å². The third-order valence-electron chi connectivity index (χ3n) is 2.09. The number of rotatable bonds is 7. The molecule has 0 fully saturated rings. The second-order valence-electron chi connectivity index (χ2n) is 3.44. The number of unbranched alkanes of at least 4 members (excludes halogenated alkanes) is 2. The maximum absolute atomic E-state index is 3.31. The summed E-state index contributed by atoms with van der Waals surface area (Å²) in [5, 5.41) is 2.14. The molecule has 1 aromatic rings. The monoisotopic (exact) mass is 221 g/mol. The van der Waals surface area contributed by atoms with Crippen molar-refractivity contribution in [3.8, 4) is 0 Å². The molecule has 0 aliphatic heterocycles. The Morgan fingerprint density at radius 3 is 2.80 bits per heavy atom. The summed E-state index contributed by atoms with van der Waals surface area (Å²) < 4.78 is 3.31. The van der Waals surface area contributed by atoms with Gasteiger partial charge in [-0.15, -0.1) is 0 Å². The molecule has 0 unspecified atom stereocenters. The van der Waals surface area contributed by atoms with E-state index in [1.54, 1.807) is 11.9 Å². The van der Waals surface area contributed by atoms with Crippen LogP contribution >= 0.6 is 11.9 Å². The maximum atomic E-state index is 3.31. The van der Waals surface area contributed by atoms with Gasteiger partial charge >= 0.3 is 0 Å². The van der Waals surface area contributed by atoms with Crippen LogP contribution in [0.15, 0.2) is 41.8 Å². The normalized spacial score (nSPS) is 11.0. The summed E-state index contributed by atoms with van der Waals surface area (Å²) in [4.78, 5) is 0. The van der Waals surface area contributed by atoms with Gasteiger partial charge in [-0.25, -0.2) is 0 Å². The van der Waals surface area contributed by atoms with Crippen molar-refractivity contribution in [2.24, 2.45) is 0 Å². The summed E-state index contributed by atoms with van der Waals surface area (Å²) in [5.74, 6) is 0. The zero-order valence-corrected chi connectivity index (χ0v) is 10.1. The summed E-state index contributed by atoms with van der Waals surface area (Å²) in [6.45, 7) is 3.14. The Morgan fingerprint density at radius 1 is 1.27 bits per heavy atom. The zero-order chi connectivity index (χ0) is 10.8. The predicted octanol–water partition coefficient (Wildman–Crippen LogP) is 4.13. The van der Waals surface area contributed by atoms with Crippen LogP contribution in [0.2, 0.25) is 0 Å². The number of nitrogens with one attached hydrogen (secondary N) is 1. The largest absolute Gasteiger partial charge is 0.256 e. The molecule has 0 aliphatic rings. The summed E-state index contributed by atoms with van der Waals surface area (Å²) in [5.41, 5.74) is 1.33. The van der Waals surface area contributed by atoms with E-state index in [0.717, 1.165) is 6.54 Å². The number of hydrogen-bond donors (Lipinski definition) is 1. The molecule has 0 amide bonds. The molecule has 1 aromatic carbocycles. The minimum atomic E-state index is 0.920. The average Bonchev–Trinajstić information content (AvgIpc) is 2.29. The lowest BCUT2D eigenvalue weighted by atomic mass is 10.2. The fourth-order valence-electron chi connectivity index (χ4n) is 1.21. The Balaban J connectivity index is 2.04. The number of hydrogen-bond acceptors (Lipinski definition) is 2. The van der Waals surface area contributed by atoms with Gasteiger partial charge in [0.2, 0.25) is 0 Å². The van der Waals surface area contributed by atoms with Gasteiger partial charge in [0.05, 0.1) is 0 Å². The van der Waals surface area contributed by atoms with Crippen molar-refractivity contribution >= 4 is 11.9 Å². The van der Waals surface area contributed by atoms with E-state index in [1.165, 1.54) is 24.8 Å². The van der Waals surface area contributed by atoms with E-state index in [0.29, 0.717) is 0 Å². The molecule has 0 aromatic heterocycles. The first-order valence-electron chi connectivity index (χ1n) is 5.51. The average molecular weight is 221 g/mol. The van der Waals surface area contributed by atoms with Crippen LogP contribution in [0, 0.1) is 0 Å². The van der Waals surface area contributed by atoms with Crippen molar-refractivity contribution in [3.63, 3.8) is 0 Å². The van der Waals surface area contributed by atoms with Crippen molar-refractivity contribution in [3.05, 3.63) is 47.4 Å². The van der Waals surface area contributed by atoms with E-state index >= 15 is 0 Å². The molecule has 0 radical (unpaired) electrons. The lowest BCUT2D eigenvalue weighted by Crippen LogP contribution is -2.00. The van der Waals surface area contributed by atoms with Crippen LogP contribution in [0.1, 0.15) is 31.7 Å². The standard InChI is InChI=1S/C13H19NS/c1-2-3-4-8-11-15-14-12-13-9-6-5-7-10-13/h5-11,14H,2-4,12H2,1H3/b11-8+. The second-order valence-corrected chi connectivity index (χ2v) is 4.24. The van der Waals surface area contributed by atoms with Gasteiger partial charge in [-0.3, -0.25) is 4.72 Å². The summed E-state index contributed by atoms with van der Waals surface area (Å²) >= 11 is 1.67. The molecule has 0 aliphatic carbocycles. The lowest BCUT2D eigenvalue weighted by molar-refractivity contribution is 0.815. The molecule has 0 bridgehead atoms. The van der Waals surface area contributed by atoms with Crippen LogP contribution < -0.4 is 4.72 Å². The van der Waals surface area contributed by atoms with E-state index in [2.05, 4.69) is 47.4 Å². The minimum absolute atomic E-state index is 0.920. The highest BCUT2D eigenvalue weighted by molar-refractivity contribution is 8.00. The van der Waals surface area contributed by atoms with Crippen LogP contribution in [0.4, 0.5) is 0 Å². The molecule has 0 saturated heterocycles. The van der Waals surface area contributed by atoms with Crippen LogP contribution in [0.3, 0.4) is 0 Å². The molecular weight excluding hydrogens is 202 g/mol.